The summed E-state index contributed by atoms with van der Waals surface area (Å²) in [6.45, 7) is 2.16. The molecule has 0 aromatic carbocycles. The van der Waals surface area contributed by atoms with Crippen LogP contribution in [0.3, 0.4) is 0 Å². The van der Waals surface area contributed by atoms with Gasteiger partial charge in [0.05, 0.1) is 12.2 Å². The average Bonchev–Trinajstić information content (AvgIpc) is 2.75. The van der Waals surface area contributed by atoms with E-state index in [0.29, 0.717) is 12.5 Å². The highest BCUT2D eigenvalue weighted by atomic mass is 16.5. The number of hydrogen-bond acceptors (Lipinski definition) is 6. The fraction of sp³-hybridized carbons (Fsp3) is 0.583. The Bertz CT molecular complexity index is 531. The Balaban J connectivity index is 1.98. The number of amides is 2. The molecule has 8 nitrogen and oxygen atoms in total. The highest BCUT2D eigenvalue weighted by Gasteiger charge is 2.52. The van der Waals surface area contributed by atoms with Gasteiger partial charge < -0.3 is 20.5 Å². The summed E-state index contributed by atoms with van der Waals surface area (Å²) < 4.78 is 5.39. The van der Waals surface area contributed by atoms with Crippen molar-refractivity contribution < 1.29 is 24.2 Å². The van der Waals surface area contributed by atoms with E-state index >= 15 is 0 Å². The minimum Gasteiger partial charge on any atom is -0.476 e. The first kappa shape index (κ1) is 12.9. The predicted octanol–water partition coefficient (Wildman–Crippen LogP) is -2.24. The molecule has 4 unspecified atom stereocenters. The monoisotopic (exact) mass is 281 g/mol. The van der Waals surface area contributed by atoms with E-state index in [1.807, 2.05) is 6.92 Å². The molecular weight excluding hydrogens is 266 g/mol. The first-order valence-corrected chi connectivity index (χ1v) is 6.36. The number of nitrogens with zero attached hydrogens (tertiary/aromatic N) is 2. The van der Waals surface area contributed by atoms with Crippen LogP contribution in [0.4, 0.5) is 0 Å². The number of piperidine rings is 1. The molecule has 3 rings (SSSR count). The molecular formula is C12H15N3O5. The number of nitrogens with two attached hydrogens (primary N) is 1. The Morgan fingerprint density at radius 1 is 1.50 bits per heavy atom. The van der Waals surface area contributed by atoms with Crippen LogP contribution in [0, 0.1) is 5.92 Å². The van der Waals surface area contributed by atoms with Gasteiger partial charge in [0.25, 0.3) is 5.91 Å². The van der Waals surface area contributed by atoms with Crippen molar-refractivity contribution in [1.29, 1.82) is 0 Å². The number of carbonyl (C=O) groups excluding carboxylic acids is 3. The number of fused-ring (bicyclic) bond motifs is 2. The van der Waals surface area contributed by atoms with Crippen LogP contribution in [-0.4, -0.2) is 63.8 Å². The lowest BCUT2D eigenvalue weighted by Gasteiger charge is -2.43. The van der Waals surface area contributed by atoms with Crippen molar-refractivity contribution in [3.8, 4) is 0 Å². The Hall–Kier alpha value is -2.09. The molecule has 0 aromatic heterocycles. The van der Waals surface area contributed by atoms with Gasteiger partial charge in [-0.1, -0.05) is 0 Å². The molecule has 0 radical (unpaired) electrons. The third kappa shape index (κ3) is 1.61. The molecule has 2 amide bonds. The molecule has 4 atom stereocenters. The van der Waals surface area contributed by atoms with Gasteiger partial charge in [0.1, 0.15) is 24.7 Å². The van der Waals surface area contributed by atoms with E-state index < -0.39 is 35.7 Å². The first-order valence-electron chi connectivity index (χ1n) is 6.36. The number of ketones is 1. The topological polar surface area (TPSA) is 113 Å². The molecule has 3 aliphatic rings. The van der Waals surface area contributed by atoms with Gasteiger partial charge in [-0.2, -0.15) is 0 Å². The fourth-order valence-corrected chi connectivity index (χ4v) is 2.87. The van der Waals surface area contributed by atoms with Crippen molar-refractivity contribution in [2.45, 2.75) is 25.1 Å². The number of aliphatic hydroxyl groups excluding tert-OH is 1. The zero-order valence-corrected chi connectivity index (χ0v) is 10.9. The molecule has 3 N–H and O–H groups in total. The van der Waals surface area contributed by atoms with Crippen LogP contribution >= 0.6 is 0 Å². The highest BCUT2D eigenvalue weighted by Crippen LogP contribution is 2.32. The zero-order chi connectivity index (χ0) is 14.6. The number of primary amides is 1. The van der Waals surface area contributed by atoms with E-state index in [0.717, 1.165) is 0 Å². The van der Waals surface area contributed by atoms with Crippen LogP contribution in [0.5, 0.6) is 0 Å². The minimum absolute atomic E-state index is 0.0171. The Labute approximate surface area is 114 Å². The van der Waals surface area contributed by atoms with Gasteiger partial charge in [0, 0.05) is 6.54 Å². The van der Waals surface area contributed by atoms with E-state index in [9.17, 15) is 19.5 Å². The molecule has 108 valence electrons. The quantitative estimate of drug-likeness (QED) is 0.525. The van der Waals surface area contributed by atoms with Crippen molar-refractivity contribution in [2.24, 2.45) is 11.7 Å². The van der Waals surface area contributed by atoms with Crippen LogP contribution in [0.1, 0.15) is 6.92 Å². The van der Waals surface area contributed by atoms with Gasteiger partial charge in [0.15, 0.2) is 5.78 Å². The Morgan fingerprint density at radius 2 is 2.20 bits per heavy atom. The molecule has 3 heterocycles. The van der Waals surface area contributed by atoms with E-state index in [2.05, 4.69) is 0 Å². The third-order valence-electron chi connectivity index (χ3n) is 3.95. The molecule has 20 heavy (non-hydrogen) atoms. The van der Waals surface area contributed by atoms with Crippen LogP contribution < -0.4 is 5.73 Å². The van der Waals surface area contributed by atoms with Crippen LogP contribution in [0.2, 0.25) is 0 Å². The molecule has 2 saturated heterocycles. The molecule has 0 bridgehead atoms. The highest BCUT2D eigenvalue weighted by molar-refractivity contribution is 6.06. The van der Waals surface area contributed by atoms with Crippen molar-refractivity contribution >= 4 is 17.6 Å². The fourth-order valence-electron chi connectivity index (χ4n) is 2.87. The van der Waals surface area contributed by atoms with E-state index in [4.69, 9.17) is 10.5 Å². The van der Waals surface area contributed by atoms with Gasteiger partial charge in [-0.25, -0.2) is 0 Å². The van der Waals surface area contributed by atoms with Crippen LogP contribution in [0.15, 0.2) is 12.1 Å². The molecule has 8 heteroatoms. The molecule has 3 aliphatic heterocycles. The van der Waals surface area contributed by atoms with E-state index in [-0.39, 0.29) is 12.6 Å². The van der Waals surface area contributed by atoms with Gasteiger partial charge in [-0.3, -0.25) is 19.3 Å². The summed E-state index contributed by atoms with van der Waals surface area (Å²) in [5, 5.41) is 10.1. The van der Waals surface area contributed by atoms with Gasteiger partial charge in [-0.05, 0) is 6.92 Å². The second-order valence-corrected chi connectivity index (χ2v) is 5.28. The number of rotatable bonds is 1. The summed E-state index contributed by atoms with van der Waals surface area (Å²) in [6.07, 6.45) is 0.000556. The number of aliphatic hydroxyl groups is 1. The van der Waals surface area contributed by atoms with Crippen molar-refractivity contribution in [2.75, 3.05) is 13.2 Å². The lowest BCUT2D eigenvalue weighted by molar-refractivity contribution is -0.157. The second kappa shape index (κ2) is 4.20. The number of Topliss-reactive ketones (excluding diaryl/α,β-unsaturated/α-hetero) is 1. The van der Waals surface area contributed by atoms with Crippen molar-refractivity contribution in [3.63, 3.8) is 0 Å². The largest absolute Gasteiger partial charge is 0.476 e. The SMILES string of the molecule is CC1COC2=CN3CC(C(N)=O)C(=O)C(O)C3C(=O)N21. The average molecular weight is 281 g/mol. The maximum atomic E-state index is 12.4. The second-order valence-electron chi connectivity index (χ2n) is 5.28. The summed E-state index contributed by atoms with van der Waals surface area (Å²) in [4.78, 5) is 38.5. The number of hydrogen-bond donors (Lipinski definition) is 2. The maximum absolute atomic E-state index is 12.4. The molecule has 0 spiro atoms. The van der Waals surface area contributed by atoms with Gasteiger partial charge >= 0.3 is 0 Å². The summed E-state index contributed by atoms with van der Waals surface area (Å²) >= 11 is 0. The Morgan fingerprint density at radius 3 is 2.85 bits per heavy atom. The molecule has 0 saturated carbocycles. The lowest BCUT2D eigenvalue weighted by atomic mass is 9.87. The summed E-state index contributed by atoms with van der Waals surface area (Å²) in [7, 11) is 0. The normalized spacial score (nSPS) is 36.2. The molecule has 0 aliphatic carbocycles. The number of ether oxygens (including phenoxy) is 1. The smallest absolute Gasteiger partial charge is 0.255 e. The maximum Gasteiger partial charge on any atom is 0.255 e. The Kier molecular flexibility index (Phi) is 2.72. The molecule has 2 fully saturated rings. The summed E-state index contributed by atoms with van der Waals surface area (Å²) in [5.41, 5.74) is 5.16. The number of carbonyl (C=O) groups is 3. The molecule has 0 aromatic rings. The van der Waals surface area contributed by atoms with Crippen molar-refractivity contribution in [3.05, 3.63) is 12.1 Å². The first-order chi connectivity index (χ1) is 9.41. The zero-order valence-electron chi connectivity index (χ0n) is 10.9. The minimum atomic E-state index is -1.56. The lowest BCUT2D eigenvalue weighted by Crippen LogP contribution is -2.65. The van der Waals surface area contributed by atoms with Gasteiger partial charge in [-0.15, -0.1) is 0 Å². The van der Waals surface area contributed by atoms with Crippen molar-refractivity contribution in [1.82, 2.24) is 9.80 Å². The summed E-state index contributed by atoms with van der Waals surface area (Å²) in [5.74, 6) is -2.63. The summed E-state index contributed by atoms with van der Waals surface area (Å²) in [6, 6.07) is -1.15. The van der Waals surface area contributed by atoms with Gasteiger partial charge in [0.2, 0.25) is 11.8 Å². The standard InChI is InChI=1S/C12H15N3O5/c1-5-4-20-7-3-14-2-6(11(13)18)9(16)10(17)8(14)12(19)15(5)7/h3,5-6,8,10,17H,2,4H2,1H3,(H2,13,18). The van der Waals surface area contributed by atoms with E-state index in [1.165, 1.54) is 9.80 Å². The van der Waals surface area contributed by atoms with Crippen LogP contribution in [0.25, 0.3) is 0 Å². The predicted molar refractivity (Wildman–Crippen MR) is 64.5 cm³/mol. The third-order valence-corrected chi connectivity index (χ3v) is 3.95. The van der Waals surface area contributed by atoms with E-state index in [1.54, 1.807) is 6.20 Å². The van der Waals surface area contributed by atoms with Crippen LogP contribution in [-0.2, 0) is 19.1 Å².